The van der Waals surface area contributed by atoms with Crippen LogP contribution in [0.3, 0.4) is 0 Å². The van der Waals surface area contributed by atoms with Crippen LogP contribution in [0.25, 0.3) is 11.3 Å². The number of amides is 2. The number of methoxy groups -OCH3 is 3. The van der Waals surface area contributed by atoms with Gasteiger partial charge in [0.25, 0.3) is 5.91 Å². The second-order valence-electron chi connectivity index (χ2n) is 6.42. The van der Waals surface area contributed by atoms with Crippen molar-refractivity contribution in [3.63, 3.8) is 0 Å². The number of carbonyl (C=O) groups excluding carboxylic acids is 2. The van der Waals surface area contributed by atoms with E-state index in [1.165, 1.54) is 57.7 Å². The minimum atomic E-state index is -0.674. The Morgan fingerprint density at radius 1 is 1.00 bits per heavy atom. The second-order valence-corrected chi connectivity index (χ2v) is 7.42. The first-order valence-corrected chi connectivity index (χ1v) is 10.5. The molecule has 0 atom stereocenters. The lowest BCUT2D eigenvalue weighted by atomic mass is 10.1. The number of benzene rings is 2. The largest absolute Gasteiger partial charge is 0.493 e. The average molecular weight is 475 g/mol. The van der Waals surface area contributed by atoms with Crippen LogP contribution in [0.15, 0.2) is 36.4 Å². The van der Waals surface area contributed by atoms with Crippen LogP contribution >= 0.6 is 11.3 Å². The van der Waals surface area contributed by atoms with Crippen molar-refractivity contribution in [3.8, 4) is 28.5 Å². The van der Waals surface area contributed by atoms with Gasteiger partial charge >= 0.3 is 6.09 Å². The number of halogens is 1. The molecule has 0 aliphatic heterocycles. The zero-order chi connectivity index (χ0) is 24.0. The lowest BCUT2D eigenvalue weighted by Crippen LogP contribution is -2.13. The number of nitrogens with one attached hydrogen (secondary N) is 2. The molecule has 2 amide bonds. The molecular weight excluding hydrogens is 453 g/mol. The van der Waals surface area contributed by atoms with E-state index < -0.39 is 17.8 Å². The molecule has 2 aromatic carbocycles. The molecule has 3 rings (SSSR count). The van der Waals surface area contributed by atoms with Gasteiger partial charge in [0.1, 0.15) is 16.5 Å². The summed E-state index contributed by atoms with van der Waals surface area (Å²) in [4.78, 5) is 29.3. The maximum atomic E-state index is 13.4. The highest BCUT2D eigenvalue weighted by Crippen LogP contribution is 2.39. The van der Waals surface area contributed by atoms with E-state index in [0.717, 1.165) is 11.3 Å². The monoisotopic (exact) mass is 475 g/mol. The molecule has 3 aromatic rings. The van der Waals surface area contributed by atoms with E-state index in [9.17, 15) is 14.0 Å². The molecule has 0 bridgehead atoms. The first-order valence-electron chi connectivity index (χ1n) is 9.72. The number of aromatic nitrogens is 1. The normalized spacial score (nSPS) is 10.3. The third kappa shape index (κ3) is 5.50. The average Bonchev–Trinajstić information content (AvgIpc) is 3.20. The summed E-state index contributed by atoms with van der Waals surface area (Å²) in [6.07, 6.45) is -0.674. The predicted molar refractivity (Wildman–Crippen MR) is 122 cm³/mol. The van der Waals surface area contributed by atoms with Gasteiger partial charge in [-0.2, -0.15) is 0 Å². The Labute approximate surface area is 193 Å². The van der Waals surface area contributed by atoms with Crippen LogP contribution in [0.5, 0.6) is 17.2 Å². The predicted octanol–water partition coefficient (Wildman–Crippen LogP) is 4.80. The SMILES string of the molecule is CCOC(=O)Nc1sc(NC(=O)c2cc(OC)c(OC)c(OC)c2)nc1-c1ccc(F)cc1. The highest BCUT2D eigenvalue weighted by molar-refractivity contribution is 7.20. The maximum Gasteiger partial charge on any atom is 0.412 e. The number of hydrogen-bond donors (Lipinski definition) is 2. The summed E-state index contributed by atoms with van der Waals surface area (Å²) >= 11 is 1.03. The van der Waals surface area contributed by atoms with Crippen LogP contribution in [0.1, 0.15) is 17.3 Å². The smallest absolute Gasteiger partial charge is 0.412 e. The van der Waals surface area contributed by atoms with Crippen molar-refractivity contribution in [1.82, 2.24) is 4.98 Å². The lowest BCUT2D eigenvalue weighted by Gasteiger charge is -2.13. The molecule has 0 spiro atoms. The van der Waals surface area contributed by atoms with Gasteiger partial charge in [-0.05, 0) is 43.3 Å². The minimum Gasteiger partial charge on any atom is -0.493 e. The Kier molecular flexibility index (Phi) is 7.67. The van der Waals surface area contributed by atoms with Crippen molar-refractivity contribution in [2.75, 3.05) is 38.6 Å². The molecule has 0 fully saturated rings. The highest BCUT2D eigenvalue weighted by atomic mass is 32.1. The van der Waals surface area contributed by atoms with Crippen LogP contribution in [0, 0.1) is 5.82 Å². The van der Waals surface area contributed by atoms with E-state index in [0.29, 0.717) is 33.5 Å². The summed E-state index contributed by atoms with van der Waals surface area (Å²) in [5, 5.41) is 5.84. The fourth-order valence-electron chi connectivity index (χ4n) is 2.90. The molecule has 9 nitrogen and oxygen atoms in total. The van der Waals surface area contributed by atoms with Gasteiger partial charge in [0.2, 0.25) is 5.75 Å². The van der Waals surface area contributed by atoms with Crippen molar-refractivity contribution in [2.45, 2.75) is 6.92 Å². The van der Waals surface area contributed by atoms with E-state index in [4.69, 9.17) is 18.9 Å². The first-order chi connectivity index (χ1) is 15.9. The maximum absolute atomic E-state index is 13.4. The molecule has 2 N–H and O–H groups in total. The van der Waals surface area contributed by atoms with Crippen molar-refractivity contribution >= 4 is 33.5 Å². The van der Waals surface area contributed by atoms with E-state index in [1.807, 2.05) is 0 Å². The Morgan fingerprint density at radius 3 is 2.18 bits per heavy atom. The van der Waals surface area contributed by atoms with E-state index in [2.05, 4.69) is 15.6 Å². The molecule has 0 unspecified atom stereocenters. The van der Waals surface area contributed by atoms with Crippen LogP contribution in [-0.4, -0.2) is 44.9 Å². The van der Waals surface area contributed by atoms with E-state index in [1.54, 1.807) is 6.92 Å². The number of anilines is 2. The van der Waals surface area contributed by atoms with Gasteiger partial charge in [-0.1, -0.05) is 11.3 Å². The number of ether oxygens (including phenoxy) is 4. The number of thiazole rings is 1. The number of hydrogen-bond acceptors (Lipinski definition) is 8. The minimum absolute atomic E-state index is 0.182. The Hall–Kier alpha value is -3.86. The molecule has 174 valence electrons. The van der Waals surface area contributed by atoms with Gasteiger partial charge in [-0.15, -0.1) is 0 Å². The number of carbonyl (C=O) groups is 2. The summed E-state index contributed by atoms with van der Waals surface area (Å²) in [5.74, 6) is 0.0853. The van der Waals surface area contributed by atoms with Gasteiger partial charge < -0.3 is 18.9 Å². The fourth-order valence-corrected chi connectivity index (χ4v) is 3.77. The van der Waals surface area contributed by atoms with Crippen molar-refractivity contribution in [2.24, 2.45) is 0 Å². The molecule has 0 saturated heterocycles. The van der Waals surface area contributed by atoms with Crippen LogP contribution in [0.2, 0.25) is 0 Å². The van der Waals surface area contributed by atoms with Crippen molar-refractivity contribution in [1.29, 1.82) is 0 Å². The first kappa shape index (κ1) is 23.8. The molecule has 1 heterocycles. The Morgan fingerprint density at radius 2 is 1.64 bits per heavy atom. The summed E-state index contributed by atoms with van der Waals surface area (Å²) < 4.78 is 34.1. The molecule has 11 heteroatoms. The standard InChI is InChI=1S/C22H22FN3O6S/c1-5-32-22(28)26-20-17(12-6-8-14(23)9-7-12)24-21(33-20)25-19(27)13-10-15(29-2)18(31-4)16(11-13)30-3/h6-11H,5H2,1-4H3,(H,26,28)(H,24,25,27). The van der Waals surface area contributed by atoms with Gasteiger partial charge in [0, 0.05) is 11.1 Å². The van der Waals surface area contributed by atoms with E-state index in [-0.39, 0.29) is 17.3 Å². The zero-order valence-electron chi connectivity index (χ0n) is 18.4. The summed E-state index contributed by atoms with van der Waals surface area (Å²) in [6, 6.07) is 8.59. The molecule has 0 radical (unpaired) electrons. The molecular formula is C22H22FN3O6S. The van der Waals surface area contributed by atoms with Crippen LogP contribution in [-0.2, 0) is 4.74 Å². The van der Waals surface area contributed by atoms with Gasteiger partial charge in [0.05, 0.1) is 27.9 Å². The van der Waals surface area contributed by atoms with Gasteiger partial charge in [-0.3, -0.25) is 15.4 Å². The lowest BCUT2D eigenvalue weighted by molar-refractivity contribution is 0.102. The second kappa shape index (κ2) is 10.6. The van der Waals surface area contributed by atoms with Crippen molar-refractivity contribution < 1.29 is 32.9 Å². The molecule has 0 aliphatic carbocycles. The Bertz CT molecular complexity index is 1120. The highest BCUT2D eigenvalue weighted by Gasteiger charge is 2.21. The van der Waals surface area contributed by atoms with E-state index >= 15 is 0 Å². The molecule has 0 saturated carbocycles. The number of nitrogens with zero attached hydrogens (tertiary/aromatic N) is 1. The quantitative estimate of drug-likeness (QED) is 0.482. The fraction of sp³-hybridized carbons (Fsp3) is 0.227. The topological polar surface area (TPSA) is 108 Å². The molecule has 1 aromatic heterocycles. The molecule has 33 heavy (non-hydrogen) atoms. The zero-order valence-corrected chi connectivity index (χ0v) is 19.2. The van der Waals surface area contributed by atoms with Crippen molar-refractivity contribution in [3.05, 3.63) is 47.8 Å². The number of rotatable bonds is 8. The van der Waals surface area contributed by atoms with Gasteiger partial charge in [0.15, 0.2) is 16.6 Å². The summed E-state index contributed by atoms with van der Waals surface area (Å²) in [5.41, 5.74) is 1.14. The molecule has 0 aliphatic rings. The van der Waals surface area contributed by atoms with Crippen LogP contribution in [0.4, 0.5) is 19.3 Å². The third-order valence-electron chi connectivity index (χ3n) is 4.38. The van der Waals surface area contributed by atoms with Crippen LogP contribution < -0.4 is 24.8 Å². The third-order valence-corrected chi connectivity index (χ3v) is 5.27. The van der Waals surface area contributed by atoms with Gasteiger partial charge in [-0.25, -0.2) is 14.2 Å². The summed E-state index contributed by atoms with van der Waals surface area (Å²) in [6.45, 7) is 1.86. The Balaban J connectivity index is 1.94. The summed E-state index contributed by atoms with van der Waals surface area (Å²) in [7, 11) is 4.36.